The minimum Gasteiger partial charge on any atom is -0.465 e. The maximum Gasteiger partial charge on any atom is 0.306 e. The smallest absolute Gasteiger partial charge is 0.306 e. The third-order valence-electron chi connectivity index (χ3n) is 2.58. The van der Waals surface area contributed by atoms with Gasteiger partial charge in [0, 0.05) is 6.42 Å². The fourth-order valence-corrected chi connectivity index (χ4v) is 1.02. The van der Waals surface area contributed by atoms with E-state index in [0.717, 1.165) is 5.57 Å². The van der Waals surface area contributed by atoms with E-state index in [1.807, 2.05) is 27.7 Å². The molecule has 0 amide bonds. The van der Waals surface area contributed by atoms with Crippen LogP contribution in [0.2, 0.25) is 0 Å². The van der Waals surface area contributed by atoms with Crippen LogP contribution in [0.15, 0.2) is 12.2 Å². The highest BCUT2D eigenvalue weighted by atomic mass is 16.5. The zero-order valence-electron chi connectivity index (χ0n) is 11.8. The molecule has 0 heterocycles. The van der Waals surface area contributed by atoms with Gasteiger partial charge < -0.3 is 9.47 Å². The maximum absolute atomic E-state index is 11.4. The van der Waals surface area contributed by atoms with E-state index in [1.165, 1.54) is 0 Å². The molecule has 4 heteroatoms. The molecule has 0 aliphatic rings. The first-order valence-electron chi connectivity index (χ1n) is 6.32. The second-order valence-corrected chi connectivity index (χ2v) is 4.87. The van der Waals surface area contributed by atoms with Gasteiger partial charge >= 0.3 is 11.9 Å². The Labute approximate surface area is 109 Å². The molecular weight excluding hydrogens is 232 g/mol. The molecule has 0 spiro atoms. The van der Waals surface area contributed by atoms with Gasteiger partial charge in [-0.25, -0.2) is 0 Å². The number of ether oxygens (including phenoxy) is 2. The average Bonchev–Trinajstić information content (AvgIpc) is 2.25. The average molecular weight is 256 g/mol. The molecule has 0 N–H and O–H groups in total. The highest BCUT2D eigenvalue weighted by molar-refractivity contribution is 5.77. The predicted octanol–water partition coefficient (Wildman–Crippen LogP) is 2.86. The summed E-state index contributed by atoms with van der Waals surface area (Å²) in [4.78, 5) is 22.7. The van der Waals surface area contributed by atoms with Crippen LogP contribution in [0.3, 0.4) is 0 Å². The number of rotatable bonds is 8. The van der Waals surface area contributed by atoms with Crippen LogP contribution in [0.4, 0.5) is 0 Å². The summed E-state index contributed by atoms with van der Waals surface area (Å²) in [6, 6.07) is 0. The van der Waals surface area contributed by atoms with E-state index in [-0.39, 0.29) is 36.8 Å². The Bertz CT molecular complexity index is 294. The van der Waals surface area contributed by atoms with Gasteiger partial charge in [-0.15, -0.1) is 6.58 Å². The van der Waals surface area contributed by atoms with Gasteiger partial charge in [-0.1, -0.05) is 19.4 Å². The molecule has 4 nitrogen and oxygen atoms in total. The van der Waals surface area contributed by atoms with E-state index in [0.29, 0.717) is 13.0 Å². The normalized spacial score (nSPS) is 12.1. The number of esters is 2. The van der Waals surface area contributed by atoms with Crippen molar-refractivity contribution in [3.8, 4) is 0 Å². The Morgan fingerprint density at radius 1 is 1.06 bits per heavy atom. The van der Waals surface area contributed by atoms with Gasteiger partial charge in [0.2, 0.25) is 0 Å². The molecule has 0 aromatic carbocycles. The van der Waals surface area contributed by atoms with Crippen LogP contribution in [0.25, 0.3) is 0 Å². The fourth-order valence-electron chi connectivity index (χ4n) is 1.02. The summed E-state index contributed by atoms with van der Waals surface area (Å²) >= 11 is 0. The van der Waals surface area contributed by atoms with E-state index in [2.05, 4.69) is 6.58 Å². The van der Waals surface area contributed by atoms with Crippen molar-refractivity contribution in [2.45, 2.75) is 53.1 Å². The van der Waals surface area contributed by atoms with Crippen LogP contribution in [0.5, 0.6) is 0 Å². The van der Waals surface area contributed by atoms with Crippen molar-refractivity contribution in [2.24, 2.45) is 5.92 Å². The van der Waals surface area contributed by atoms with Crippen molar-refractivity contribution < 1.29 is 19.1 Å². The molecule has 1 atom stereocenters. The van der Waals surface area contributed by atoms with Crippen molar-refractivity contribution >= 4 is 11.9 Å². The van der Waals surface area contributed by atoms with Crippen LogP contribution in [0.1, 0.15) is 47.0 Å². The quantitative estimate of drug-likeness (QED) is 0.495. The predicted molar refractivity (Wildman–Crippen MR) is 70.0 cm³/mol. The Balaban J connectivity index is 3.72. The lowest BCUT2D eigenvalue weighted by Crippen LogP contribution is -2.20. The minimum atomic E-state index is -0.370. The summed E-state index contributed by atoms with van der Waals surface area (Å²) in [7, 11) is 0. The molecule has 0 fully saturated rings. The minimum absolute atomic E-state index is 0.0693. The zero-order chi connectivity index (χ0) is 14.1. The summed E-state index contributed by atoms with van der Waals surface area (Å²) in [6.07, 6.45) is 0.667. The zero-order valence-corrected chi connectivity index (χ0v) is 11.8. The van der Waals surface area contributed by atoms with Gasteiger partial charge in [-0.05, 0) is 19.8 Å². The van der Waals surface area contributed by atoms with E-state index < -0.39 is 0 Å². The van der Waals surface area contributed by atoms with E-state index in [9.17, 15) is 9.59 Å². The largest absolute Gasteiger partial charge is 0.465 e. The lowest BCUT2D eigenvalue weighted by atomic mass is 10.1. The number of hydrogen-bond acceptors (Lipinski definition) is 4. The Morgan fingerprint density at radius 2 is 1.61 bits per heavy atom. The highest BCUT2D eigenvalue weighted by Crippen LogP contribution is 2.07. The van der Waals surface area contributed by atoms with Crippen molar-refractivity contribution in [3.05, 3.63) is 12.2 Å². The van der Waals surface area contributed by atoms with E-state index >= 15 is 0 Å². The highest BCUT2D eigenvalue weighted by Gasteiger charge is 2.14. The number of carbonyl (C=O) groups excluding carboxylic acids is 2. The van der Waals surface area contributed by atoms with Crippen LogP contribution in [-0.4, -0.2) is 24.6 Å². The Morgan fingerprint density at radius 3 is 2.11 bits per heavy atom. The molecule has 0 saturated heterocycles. The molecule has 18 heavy (non-hydrogen) atoms. The molecule has 0 saturated carbocycles. The Kier molecular flexibility index (Phi) is 8.08. The molecule has 0 radical (unpaired) electrons. The lowest BCUT2D eigenvalue weighted by Gasteiger charge is -2.16. The first-order valence-corrected chi connectivity index (χ1v) is 6.32. The summed E-state index contributed by atoms with van der Waals surface area (Å²) in [6.45, 7) is 11.7. The van der Waals surface area contributed by atoms with Gasteiger partial charge in [-0.2, -0.15) is 0 Å². The molecular formula is C14H24O4. The lowest BCUT2D eigenvalue weighted by molar-refractivity contribution is -0.154. The van der Waals surface area contributed by atoms with Crippen molar-refractivity contribution in [3.63, 3.8) is 0 Å². The SMILES string of the molecule is C=C(C)CCOC(=O)CCC(=O)OC(C)C(C)C. The van der Waals surface area contributed by atoms with Gasteiger partial charge in [0.1, 0.15) is 6.10 Å². The first-order chi connectivity index (χ1) is 8.32. The van der Waals surface area contributed by atoms with Crippen LogP contribution < -0.4 is 0 Å². The summed E-state index contributed by atoms with van der Waals surface area (Å²) < 4.78 is 10.1. The van der Waals surface area contributed by atoms with E-state index in [4.69, 9.17) is 9.47 Å². The van der Waals surface area contributed by atoms with Gasteiger partial charge in [-0.3, -0.25) is 9.59 Å². The van der Waals surface area contributed by atoms with Gasteiger partial charge in [0.05, 0.1) is 19.4 Å². The van der Waals surface area contributed by atoms with Gasteiger partial charge in [0.25, 0.3) is 0 Å². The Hall–Kier alpha value is -1.32. The van der Waals surface area contributed by atoms with Crippen LogP contribution in [-0.2, 0) is 19.1 Å². The maximum atomic E-state index is 11.4. The van der Waals surface area contributed by atoms with Crippen LogP contribution >= 0.6 is 0 Å². The third kappa shape index (κ3) is 8.79. The molecule has 0 aromatic rings. The molecule has 1 unspecified atom stereocenters. The van der Waals surface area contributed by atoms with Crippen molar-refractivity contribution in [1.82, 2.24) is 0 Å². The molecule has 0 aliphatic carbocycles. The molecule has 104 valence electrons. The topological polar surface area (TPSA) is 52.6 Å². The summed E-state index contributed by atoms with van der Waals surface area (Å²) in [5.41, 5.74) is 0.966. The monoisotopic (exact) mass is 256 g/mol. The third-order valence-corrected chi connectivity index (χ3v) is 2.58. The van der Waals surface area contributed by atoms with Gasteiger partial charge in [0.15, 0.2) is 0 Å². The summed E-state index contributed by atoms with van der Waals surface area (Å²) in [5.74, 6) is -0.449. The second-order valence-electron chi connectivity index (χ2n) is 4.87. The van der Waals surface area contributed by atoms with Crippen LogP contribution in [0, 0.1) is 5.92 Å². The number of hydrogen-bond donors (Lipinski definition) is 0. The second kappa shape index (κ2) is 8.72. The summed E-state index contributed by atoms with van der Waals surface area (Å²) in [5, 5.41) is 0. The molecule has 0 aliphatic heterocycles. The van der Waals surface area contributed by atoms with Crippen molar-refractivity contribution in [2.75, 3.05) is 6.61 Å². The molecule has 0 rings (SSSR count). The number of carbonyl (C=O) groups is 2. The van der Waals surface area contributed by atoms with E-state index in [1.54, 1.807) is 0 Å². The fraction of sp³-hybridized carbons (Fsp3) is 0.714. The molecule has 0 aromatic heterocycles. The standard InChI is InChI=1S/C14H24O4/c1-10(2)8-9-17-13(15)6-7-14(16)18-12(5)11(3)4/h11-12H,1,6-9H2,2-5H3. The first kappa shape index (κ1) is 16.7. The molecule has 0 bridgehead atoms. The van der Waals surface area contributed by atoms with Crippen molar-refractivity contribution in [1.29, 1.82) is 0 Å².